The van der Waals surface area contributed by atoms with Gasteiger partial charge in [-0.2, -0.15) is 0 Å². The minimum Gasteiger partial charge on any atom is -0.444 e. The monoisotopic (exact) mass is 298 g/mol. The summed E-state index contributed by atoms with van der Waals surface area (Å²) in [6.07, 6.45) is 8.95. The lowest BCUT2D eigenvalue weighted by atomic mass is 10.2. The van der Waals surface area contributed by atoms with Gasteiger partial charge < -0.3 is 10.1 Å². The van der Waals surface area contributed by atoms with E-state index in [1.165, 1.54) is 11.3 Å². The van der Waals surface area contributed by atoms with Crippen LogP contribution in [0.4, 0.5) is 4.79 Å². The fourth-order valence-electron chi connectivity index (χ4n) is 0.903. The number of hydrogen-bond acceptors (Lipinski definition) is 5. The molecule has 0 fully saturated rings. The fourth-order valence-corrected chi connectivity index (χ4v) is 1.48. The van der Waals surface area contributed by atoms with Gasteiger partial charge in [-0.1, -0.05) is 13.8 Å². The van der Waals surface area contributed by atoms with Crippen molar-refractivity contribution >= 4 is 23.2 Å². The Morgan fingerprint density at radius 1 is 1.35 bits per heavy atom. The molecule has 0 saturated heterocycles. The van der Waals surface area contributed by atoms with Crippen molar-refractivity contribution in [2.24, 2.45) is 0 Å². The summed E-state index contributed by atoms with van der Waals surface area (Å²) in [4.78, 5) is 26.5. The van der Waals surface area contributed by atoms with Gasteiger partial charge in [0.25, 0.3) is 0 Å². The summed E-state index contributed by atoms with van der Waals surface area (Å²) < 4.78 is 4.99. The molecule has 0 aliphatic heterocycles. The maximum atomic E-state index is 11.5. The summed E-state index contributed by atoms with van der Waals surface area (Å²) in [5.74, 6) is -0.221. The molecule has 6 heteroatoms. The molecular formula is C14H22N2O3S. The van der Waals surface area contributed by atoms with E-state index in [9.17, 15) is 9.59 Å². The van der Waals surface area contributed by atoms with Gasteiger partial charge in [0.2, 0.25) is 5.78 Å². The molecule has 0 aromatic carbocycles. The number of terminal acetylenes is 1. The number of rotatable bonds is 3. The van der Waals surface area contributed by atoms with Crippen LogP contribution >= 0.6 is 11.3 Å². The molecule has 0 bridgehead atoms. The molecule has 1 aromatic rings. The zero-order chi connectivity index (χ0) is 16.2. The van der Waals surface area contributed by atoms with Crippen molar-refractivity contribution in [3.63, 3.8) is 0 Å². The van der Waals surface area contributed by atoms with E-state index in [1.807, 2.05) is 13.8 Å². The molecule has 20 heavy (non-hydrogen) atoms. The summed E-state index contributed by atoms with van der Waals surface area (Å²) >= 11 is 1.24. The lowest BCUT2D eigenvalue weighted by molar-refractivity contribution is 0.0520. The first kappa shape index (κ1) is 20.4. The molecule has 0 saturated carbocycles. The van der Waals surface area contributed by atoms with Crippen molar-refractivity contribution in [1.82, 2.24) is 10.3 Å². The third-order valence-corrected chi connectivity index (χ3v) is 2.28. The fraction of sp³-hybridized carbons (Fsp3) is 0.500. The number of carbonyl (C=O) groups excluding carboxylic acids is 2. The van der Waals surface area contributed by atoms with Crippen LogP contribution in [0.1, 0.15) is 44.4 Å². The van der Waals surface area contributed by atoms with Gasteiger partial charge >= 0.3 is 6.09 Å². The highest BCUT2D eigenvalue weighted by atomic mass is 32.1. The predicted molar refractivity (Wildman–Crippen MR) is 81.9 cm³/mol. The summed E-state index contributed by atoms with van der Waals surface area (Å²) in [6, 6.07) is 0. The number of alkyl carbamates (subject to hydrolysis) is 1. The first-order chi connectivity index (χ1) is 9.38. The first-order valence-electron chi connectivity index (χ1n) is 6.11. The molecule has 1 N–H and O–H groups in total. The zero-order valence-corrected chi connectivity index (χ0v) is 13.4. The maximum Gasteiger partial charge on any atom is 0.408 e. The molecule has 1 aromatic heterocycles. The standard InChI is InChI=1S/C10H14N2O3S.C2H6.C2H2/c1-10(2,3)15-9(14)12-6-7(13)8-11-4-5-16-8;2*1-2/h4-5H,6H2,1-3H3,(H,12,14);1-2H3;1-2H. The second kappa shape index (κ2) is 11.0. The Kier molecular flexibility index (Phi) is 11.2. The van der Waals surface area contributed by atoms with Gasteiger partial charge in [-0.05, 0) is 20.8 Å². The third kappa shape index (κ3) is 10.1. The van der Waals surface area contributed by atoms with E-state index >= 15 is 0 Å². The van der Waals surface area contributed by atoms with Crippen LogP contribution in [-0.4, -0.2) is 29.0 Å². The Hall–Kier alpha value is -1.87. The molecule has 0 aliphatic rings. The molecule has 0 aliphatic carbocycles. The Morgan fingerprint density at radius 2 is 1.90 bits per heavy atom. The highest BCUT2D eigenvalue weighted by Crippen LogP contribution is 2.07. The molecule has 112 valence electrons. The number of hydrogen-bond donors (Lipinski definition) is 1. The Morgan fingerprint density at radius 3 is 2.30 bits per heavy atom. The van der Waals surface area contributed by atoms with Crippen molar-refractivity contribution in [3.05, 3.63) is 16.6 Å². The molecule has 0 unspecified atom stereocenters. The zero-order valence-electron chi connectivity index (χ0n) is 12.6. The summed E-state index contributed by atoms with van der Waals surface area (Å²) in [5, 5.41) is 4.48. The highest BCUT2D eigenvalue weighted by Gasteiger charge is 2.17. The van der Waals surface area contributed by atoms with Crippen LogP contribution in [0.15, 0.2) is 11.6 Å². The van der Waals surface area contributed by atoms with Crippen molar-refractivity contribution < 1.29 is 14.3 Å². The molecule has 1 rings (SSSR count). The van der Waals surface area contributed by atoms with E-state index in [-0.39, 0.29) is 12.3 Å². The number of amides is 1. The summed E-state index contributed by atoms with van der Waals surface area (Å²) in [5.41, 5.74) is -0.561. The predicted octanol–water partition coefficient (Wildman–Crippen LogP) is 3.13. The SMILES string of the molecule is C#C.CC.CC(C)(C)OC(=O)NCC(=O)c1nccs1. The number of nitrogens with one attached hydrogen (secondary N) is 1. The minimum absolute atomic E-state index is 0.0948. The number of ketones is 1. The summed E-state index contributed by atoms with van der Waals surface area (Å²) in [7, 11) is 0. The number of thiazole rings is 1. The Labute approximate surface area is 124 Å². The molecular weight excluding hydrogens is 276 g/mol. The topological polar surface area (TPSA) is 68.3 Å². The van der Waals surface area contributed by atoms with Crippen LogP contribution in [0.2, 0.25) is 0 Å². The lowest BCUT2D eigenvalue weighted by Gasteiger charge is -2.19. The van der Waals surface area contributed by atoms with E-state index in [2.05, 4.69) is 23.1 Å². The Bertz CT molecular complexity index is 406. The van der Waals surface area contributed by atoms with Crippen LogP contribution in [-0.2, 0) is 4.74 Å². The average molecular weight is 298 g/mol. The van der Waals surface area contributed by atoms with Crippen LogP contribution in [0.25, 0.3) is 0 Å². The lowest BCUT2D eigenvalue weighted by Crippen LogP contribution is -2.35. The van der Waals surface area contributed by atoms with Gasteiger partial charge in [0.05, 0.1) is 6.54 Å². The van der Waals surface area contributed by atoms with Crippen LogP contribution in [0, 0.1) is 12.8 Å². The molecule has 0 atom stereocenters. The van der Waals surface area contributed by atoms with E-state index < -0.39 is 11.7 Å². The molecule has 0 radical (unpaired) electrons. The molecule has 0 spiro atoms. The van der Waals surface area contributed by atoms with Crippen molar-refractivity contribution in [1.29, 1.82) is 0 Å². The second-order valence-corrected chi connectivity index (χ2v) is 5.01. The summed E-state index contributed by atoms with van der Waals surface area (Å²) in [6.45, 7) is 9.18. The van der Waals surface area contributed by atoms with E-state index in [0.29, 0.717) is 5.01 Å². The van der Waals surface area contributed by atoms with Crippen molar-refractivity contribution in [3.8, 4) is 12.8 Å². The number of nitrogens with zero attached hydrogens (tertiary/aromatic N) is 1. The second-order valence-electron chi connectivity index (χ2n) is 4.12. The maximum absolute atomic E-state index is 11.5. The highest BCUT2D eigenvalue weighted by molar-refractivity contribution is 7.11. The third-order valence-electron chi connectivity index (χ3n) is 1.46. The number of carbonyl (C=O) groups is 2. The number of aromatic nitrogens is 1. The van der Waals surface area contributed by atoms with Crippen molar-refractivity contribution in [2.75, 3.05) is 6.54 Å². The smallest absolute Gasteiger partial charge is 0.408 e. The van der Waals surface area contributed by atoms with Crippen LogP contribution in [0.3, 0.4) is 0 Å². The Balaban J connectivity index is 0. The average Bonchev–Trinajstić information content (AvgIpc) is 2.93. The van der Waals surface area contributed by atoms with E-state index in [1.54, 1.807) is 32.3 Å². The minimum atomic E-state index is -0.600. The molecule has 5 nitrogen and oxygen atoms in total. The van der Waals surface area contributed by atoms with Gasteiger partial charge in [-0.3, -0.25) is 4.79 Å². The van der Waals surface area contributed by atoms with E-state index in [0.717, 1.165) is 0 Å². The first-order valence-corrected chi connectivity index (χ1v) is 6.99. The number of Topliss-reactive ketones (excluding diaryl/α,β-unsaturated/α-hetero) is 1. The van der Waals surface area contributed by atoms with E-state index in [4.69, 9.17) is 4.74 Å². The normalized spacial score (nSPS) is 9.15. The van der Waals surface area contributed by atoms with Crippen molar-refractivity contribution in [2.45, 2.75) is 40.2 Å². The van der Waals surface area contributed by atoms with Gasteiger partial charge in [0.15, 0.2) is 5.01 Å². The number of ether oxygens (including phenoxy) is 1. The van der Waals surface area contributed by atoms with Crippen LogP contribution < -0.4 is 5.32 Å². The van der Waals surface area contributed by atoms with Gasteiger partial charge in [0, 0.05) is 11.6 Å². The quantitative estimate of drug-likeness (QED) is 0.687. The van der Waals surface area contributed by atoms with Crippen LogP contribution in [0.5, 0.6) is 0 Å². The van der Waals surface area contributed by atoms with Gasteiger partial charge in [-0.15, -0.1) is 24.2 Å². The van der Waals surface area contributed by atoms with Gasteiger partial charge in [0.1, 0.15) is 5.60 Å². The largest absolute Gasteiger partial charge is 0.444 e. The van der Waals surface area contributed by atoms with Gasteiger partial charge in [-0.25, -0.2) is 9.78 Å². The molecule has 1 amide bonds. The molecule has 1 heterocycles.